The summed E-state index contributed by atoms with van der Waals surface area (Å²) in [6, 6.07) is 9.81. The molecule has 1 atom stereocenters. The lowest BCUT2D eigenvalue weighted by molar-refractivity contribution is -0.192. The zero-order valence-electron chi connectivity index (χ0n) is 16.5. The van der Waals surface area contributed by atoms with Crippen molar-refractivity contribution < 1.29 is 27.9 Å². The number of carbonyl (C=O) groups excluding carboxylic acids is 1. The predicted molar refractivity (Wildman–Crippen MR) is 111 cm³/mol. The zero-order valence-corrected chi connectivity index (χ0v) is 17.4. The van der Waals surface area contributed by atoms with Crippen molar-refractivity contribution in [1.82, 2.24) is 23.9 Å². The van der Waals surface area contributed by atoms with Crippen LogP contribution in [0.1, 0.15) is 11.6 Å². The highest BCUT2D eigenvalue weighted by molar-refractivity contribution is 7.00. The van der Waals surface area contributed by atoms with E-state index in [-0.39, 0.29) is 11.9 Å². The van der Waals surface area contributed by atoms with Gasteiger partial charge in [0.2, 0.25) is 5.91 Å². The second-order valence-corrected chi connectivity index (χ2v) is 7.29. The molecule has 0 spiro atoms. The molecule has 1 aromatic carbocycles. The van der Waals surface area contributed by atoms with Gasteiger partial charge in [-0.05, 0) is 29.8 Å². The summed E-state index contributed by atoms with van der Waals surface area (Å²) < 4.78 is 40.2. The SMILES string of the molecule is O=C(CN1CCNCC1c1ccncc1)Nc1cccc2nsnc12.O=C(O)C(F)(F)F. The Kier molecular flexibility index (Phi) is 7.66. The smallest absolute Gasteiger partial charge is 0.475 e. The van der Waals surface area contributed by atoms with Crippen LogP contribution >= 0.6 is 11.7 Å². The van der Waals surface area contributed by atoms with E-state index in [1.54, 1.807) is 12.4 Å². The number of pyridine rings is 1. The first-order valence-corrected chi connectivity index (χ1v) is 10.1. The molecule has 0 aliphatic carbocycles. The van der Waals surface area contributed by atoms with E-state index in [1.807, 2.05) is 30.3 Å². The minimum Gasteiger partial charge on any atom is -0.475 e. The molecule has 3 aromatic rings. The number of benzene rings is 1. The van der Waals surface area contributed by atoms with Gasteiger partial charge in [-0.3, -0.25) is 14.7 Å². The van der Waals surface area contributed by atoms with Crippen molar-refractivity contribution in [3.05, 3.63) is 48.3 Å². The van der Waals surface area contributed by atoms with Gasteiger partial charge in [-0.2, -0.15) is 21.9 Å². The first-order valence-electron chi connectivity index (χ1n) is 9.41. The summed E-state index contributed by atoms with van der Waals surface area (Å²) in [5.74, 6) is -2.80. The largest absolute Gasteiger partial charge is 0.490 e. The number of halogens is 3. The van der Waals surface area contributed by atoms with Crippen molar-refractivity contribution in [1.29, 1.82) is 0 Å². The molecule has 3 N–H and O–H groups in total. The highest BCUT2D eigenvalue weighted by Crippen LogP contribution is 2.23. The number of rotatable bonds is 4. The number of nitrogens with one attached hydrogen (secondary N) is 2. The monoisotopic (exact) mass is 468 g/mol. The molecule has 1 aliphatic rings. The van der Waals surface area contributed by atoms with Gasteiger partial charge in [0.05, 0.1) is 24.0 Å². The van der Waals surface area contributed by atoms with Crippen LogP contribution in [0.3, 0.4) is 0 Å². The maximum atomic E-state index is 12.6. The van der Waals surface area contributed by atoms with Gasteiger partial charge in [-0.1, -0.05) is 6.07 Å². The zero-order chi connectivity index (χ0) is 23.1. The third kappa shape index (κ3) is 6.18. The van der Waals surface area contributed by atoms with Gasteiger partial charge in [0.25, 0.3) is 0 Å². The molecule has 3 heterocycles. The lowest BCUT2D eigenvalue weighted by Crippen LogP contribution is -2.48. The number of aromatic nitrogens is 3. The molecule has 9 nitrogen and oxygen atoms in total. The van der Waals surface area contributed by atoms with Crippen molar-refractivity contribution in [2.75, 3.05) is 31.5 Å². The van der Waals surface area contributed by atoms with Gasteiger partial charge < -0.3 is 15.7 Å². The van der Waals surface area contributed by atoms with Crippen LogP contribution in [0.5, 0.6) is 0 Å². The van der Waals surface area contributed by atoms with Crippen molar-refractivity contribution in [3.8, 4) is 0 Å². The maximum Gasteiger partial charge on any atom is 0.490 e. The van der Waals surface area contributed by atoms with Crippen LogP contribution in [0.25, 0.3) is 11.0 Å². The quantitative estimate of drug-likeness (QED) is 0.534. The number of hydrogen-bond donors (Lipinski definition) is 3. The summed E-state index contributed by atoms with van der Waals surface area (Å²) >= 11 is 1.15. The van der Waals surface area contributed by atoms with E-state index in [0.29, 0.717) is 12.2 Å². The summed E-state index contributed by atoms with van der Waals surface area (Å²) in [6.07, 6.45) is -1.50. The number of alkyl halides is 3. The Morgan fingerprint density at radius 1 is 1.22 bits per heavy atom. The molecule has 1 unspecified atom stereocenters. The number of fused-ring (bicyclic) bond motifs is 1. The number of carboxylic acid groups (broad SMARTS) is 1. The van der Waals surface area contributed by atoms with Crippen LogP contribution in [0.2, 0.25) is 0 Å². The van der Waals surface area contributed by atoms with Gasteiger partial charge in [0, 0.05) is 38.1 Å². The molecule has 13 heteroatoms. The number of carbonyl (C=O) groups is 2. The van der Waals surface area contributed by atoms with E-state index in [2.05, 4.69) is 29.3 Å². The lowest BCUT2D eigenvalue weighted by Gasteiger charge is -2.35. The van der Waals surface area contributed by atoms with E-state index in [9.17, 15) is 18.0 Å². The second-order valence-electron chi connectivity index (χ2n) is 6.76. The number of aliphatic carboxylic acids is 1. The first-order chi connectivity index (χ1) is 15.3. The molecular weight excluding hydrogens is 449 g/mol. The van der Waals surface area contributed by atoms with E-state index < -0.39 is 12.1 Å². The van der Waals surface area contributed by atoms with Gasteiger partial charge in [-0.15, -0.1) is 0 Å². The number of carboxylic acids is 1. The minimum absolute atomic E-state index is 0.0403. The number of piperazine rings is 1. The predicted octanol–water partition coefficient (Wildman–Crippen LogP) is 2.30. The molecule has 1 amide bonds. The van der Waals surface area contributed by atoms with Crippen molar-refractivity contribution in [3.63, 3.8) is 0 Å². The fraction of sp³-hybridized carbons (Fsp3) is 0.316. The molecule has 2 aromatic heterocycles. The van der Waals surface area contributed by atoms with Crippen molar-refractivity contribution in [2.24, 2.45) is 0 Å². The van der Waals surface area contributed by atoms with Gasteiger partial charge in [0.15, 0.2) is 0 Å². The molecule has 1 saturated heterocycles. The summed E-state index contributed by atoms with van der Waals surface area (Å²) in [7, 11) is 0. The third-order valence-electron chi connectivity index (χ3n) is 4.59. The molecule has 0 saturated carbocycles. The maximum absolute atomic E-state index is 12.6. The molecular formula is C19H19F3N6O3S. The molecule has 0 bridgehead atoms. The Bertz CT molecular complexity index is 1060. The summed E-state index contributed by atoms with van der Waals surface area (Å²) in [5, 5.41) is 13.5. The molecule has 4 rings (SSSR count). The molecule has 32 heavy (non-hydrogen) atoms. The fourth-order valence-corrected chi connectivity index (χ4v) is 3.68. The van der Waals surface area contributed by atoms with E-state index in [0.717, 1.165) is 42.4 Å². The third-order valence-corrected chi connectivity index (χ3v) is 5.14. The Hall–Kier alpha value is -3.16. The van der Waals surface area contributed by atoms with E-state index >= 15 is 0 Å². The Balaban J connectivity index is 0.000000360. The second kappa shape index (κ2) is 10.4. The number of hydrogen-bond acceptors (Lipinski definition) is 8. The van der Waals surface area contributed by atoms with E-state index in [4.69, 9.17) is 9.90 Å². The molecule has 1 fully saturated rings. The Morgan fingerprint density at radius 3 is 2.62 bits per heavy atom. The summed E-state index contributed by atoms with van der Waals surface area (Å²) in [6.45, 7) is 2.86. The first kappa shape index (κ1) is 23.5. The Labute approximate surface area is 184 Å². The number of nitrogens with zero attached hydrogens (tertiary/aromatic N) is 4. The van der Waals surface area contributed by atoms with E-state index in [1.165, 1.54) is 5.56 Å². The van der Waals surface area contributed by atoms with Gasteiger partial charge >= 0.3 is 12.1 Å². The average Bonchev–Trinajstić information content (AvgIpc) is 3.24. The number of anilines is 1. The van der Waals surface area contributed by atoms with Crippen molar-refractivity contribution in [2.45, 2.75) is 12.2 Å². The fourth-order valence-electron chi connectivity index (χ4n) is 3.13. The highest BCUT2D eigenvalue weighted by Gasteiger charge is 2.38. The van der Waals surface area contributed by atoms with Crippen LogP contribution in [-0.2, 0) is 9.59 Å². The van der Waals surface area contributed by atoms with Crippen molar-refractivity contribution >= 4 is 40.3 Å². The standard InChI is InChI=1S/C17H18N6OS.C2HF3O2/c24-16(20-13-2-1-3-14-17(13)22-25-21-14)11-23-9-8-19-10-15(23)12-4-6-18-7-5-12;3-2(4,5)1(6)7/h1-7,15,19H,8-11H2,(H,20,24);(H,6,7). The van der Waals surface area contributed by atoms with Crippen LogP contribution in [0, 0.1) is 0 Å². The molecule has 0 radical (unpaired) electrons. The van der Waals surface area contributed by atoms with Gasteiger partial charge in [-0.25, -0.2) is 4.79 Å². The lowest BCUT2D eigenvalue weighted by atomic mass is 10.0. The van der Waals surface area contributed by atoms with Gasteiger partial charge in [0.1, 0.15) is 11.0 Å². The van der Waals surface area contributed by atoms with Crippen LogP contribution < -0.4 is 10.6 Å². The van der Waals surface area contributed by atoms with Crippen LogP contribution in [0.15, 0.2) is 42.7 Å². The van der Waals surface area contributed by atoms with Crippen LogP contribution in [0.4, 0.5) is 18.9 Å². The average molecular weight is 468 g/mol. The van der Waals surface area contributed by atoms with Crippen LogP contribution in [-0.4, -0.2) is 68.0 Å². The normalized spacial score (nSPS) is 16.8. The summed E-state index contributed by atoms with van der Waals surface area (Å²) in [4.78, 5) is 27.8. The highest BCUT2D eigenvalue weighted by atomic mass is 32.1. The topological polar surface area (TPSA) is 120 Å². The summed E-state index contributed by atoms with van der Waals surface area (Å²) in [5.41, 5.74) is 3.43. The molecule has 1 aliphatic heterocycles. The Morgan fingerprint density at radius 2 is 1.94 bits per heavy atom. The molecule has 170 valence electrons. The number of amides is 1. The minimum atomic E-state index is -5.08.